The fourth-order valence-electron chi connectivity index (χ4n) is 2.38. The Balaban J connectivity index is 2.07. The molecule has 1 unspecified atom stereocenters. The Hall–Kier alpha value is -2.25. The van der Waals surface area contributed by atoms with Crippen LogP contribution in [0.25, 0.3) is 0 Å². The van der Waals surface area contributed by atoms with Gasteiger partial charge in [-0.3, -0.25) is 4.79 Å². The van der Waals surface area contributed by atoms with Crippen LogP contribution in [0.4, 0.5) is 18.9 Å². The van der Waals surface area contributed by atoms with Crippen molar-refractivity contribution in [1.29, 1.82) is 0 Å². The van der Waals surface area contributed by atoms with Crippen LogP contribution in [-0.4, -0.2) is 29.6 Å². The predicted molar refractivity (Wildman–Crippen MR) is 81.9 cm³/mol. The summed E-state index contributed by atoms with van der Waals surface area (Å²) < 4.78 is 42.2. The molecule has 2 rings (SSSR count). The second-order valence-corrected chi connectivity index (χ2v) is 5.50. The summed E-state index contributed by atoms with van der Waals surface area (Å²) in [6.07, 6.45) is 2.65. The molecular weight excluding hydrogens is 323 g/mol. The summed E-state index contributed by atoms with van der Waals surface area (Å²) in [4.78, 5) is 11.0. The zero-order chi connectivity index (χ0) is 17.6. The van der Waals surface area contributed by atoms with E-state index in [9.17, 15) is 18.0 Å². The number of alkyl halides is 3. The van der Waals surface area contributed by atoms with Gasteiger partial charge in [0.25, 0.3) is 0 Å². The van der Waals surface area contributed by atoms with Gasteiger partial charge in [-0.1, -0.05) is 26.2 Å². The predicted octanol–water partition coefficient (Wildman–Crippen LogP) is 4.83. The van der Waals surface area contributed by atoms with Crippen molar-refractivity contribution in [2.75, 3.05) is 0 Å². The third-order valence-electron chi connectivity index (χ3n) is 3.57. The number of ether oxygens (including phenoxy) is 1. The Morgan fingerprint density at radius 2 is 2.08 bits per heavy atom. The van der Waals surface area contributed by atoms with Crippen molar-refractivity contribution in [3.63, 3.8) is 0 Å². The van der Waals surface area contributed by atoms with Gasteiger partial charge in [0.05, 0.1) is 5.56 Å². The lowest BCUT2D eigenvalue weighted by molar-refractivity contribution is -0.444. The monoisotopic (exact) mass is 342 g/mol. The highest BCUT2D eigenvalue weighted by atomic mass is 19.4. The lowest BCUT2D eigenvalue weighted by atomic mass is 10.1. The van der Waals surface area contributed by atoms with Gasteiger partial charge < -0.3 is 4.74 Å². The van der Waals surface area contributed by atoms with Crippen molar-refractivity contribution in [2.24, 2.45) is 10.3 Å². The van der Waals surface area contributed by atoms with E-state index in [4.69, 9.17) is 0 Å². The van der Waals surface area contributed by atoms with Gasteiger partial charge in [0, 0.05) is 17.6 Å². The van der Waals surface area contributed by atoms with Gasteiger partial charge in [-0.05, 0) is 18.6 Å². The molecule has 130 valence electrons. The van der Waals surface area contributed by atoms with Crippen molar-refractivity contribution >= 4 is 18.2 Å². The Morgan fingerprint density at radius 3 is 2.75 bits per heavy atom. The van der Waals surface area contributed by atoms with Gasteiger partial charge in [0.1, 0.15) is 17.2 Å². The molecule has 0 bridgehead atoms. The minimum absolute atomic E-state index is 0.0485. The van der Waals surface area contributed by atoms with E-state index in [-0.39, 0.29) is 11.6 Å². The van der Waals surface area contributed by atoms with Crippen LogP contribution < -0.4 is 4.74 Å². The molecule has 0 fully saturated rings. The summed E-state index contributed by atoms with van der Waals surface area (Å²) in [6.45, 7) is 2.14. The molecule has 0 radical (unpaired) electrons. The number of aldehydes is 1. The van der Waals surface area contributed by atoms with Crippen molar-refractivity contribution < 1.29 is 27.4 Å². The molecule has 5 nitrogen and oxygen atoms in total. The third-order valence-corrected chi connectivity index (χ3v) is 3.57. The fraction of sp³-hybridized carbons (Fsp3) is 0.500. The van der Waals surface area contributed by atoms with E-state index in [1.165, 1.54) is 23.2 Å². The van der Waals surface area contributed by atoms with E-state index in [0.29, 0.717) is 12.0 Å². The normalized spacial score (nSPS) is 17.0. The van der Waals surface area contributed by atoms with E-state index in [1.807, 2.05) is 0 Å². The van der Waals surface area contributed by atoms with Crippen LogP contribution in [-0.2, 0) is 0 Å². The highest BCUT2D eigenvalue weighted by Crippen LogP contribution is 2.29. The largest absolute Gasteiger partial charge is 0.573 e. The SMILES string of the molecule is CCCCCCC1C=[N+](c2ccc(OC(F)(F)F)c(C=O)c2)N=N1. The van der Waals surface area contributed by atoms with Gasteiger partial charge in [0.2, 0.25) is 6.04 Å². The topological polar surface area (TPSA) is 54.0 Å². The molecule has 24 heavy (non-hydrogen) atoms. The molecule has 0 saturated carbocycles. The maximum Gasteiger partial charge on any atom is 0.573 e. The number of hydrogen-bond donors (Lipinski definition) is 0. The molecule has 1 aromatic rings. The Kier molecular flexibility index (Phi) is 6.05. The van der Waals surface area contributed by atoms with Gasteiger partial charge in [-0.25, -0.2) is 0 Å². The molecule has 1 aromatic carbocycles. The Morgan fingerprint density at radius 1 is 1.29 bits per heavy atom. The summed E-state index contributed by atoms with van der Waals surface area (Å²) in [5, 5.41) is 8.11. The Bertz CT molecular complexity index is 642. The molecule has 1 heterocycles. The van der Waals surface area contributed by atoms with Crippen LogP contribution in [0.1, 0.15) is 49.4 Å². The first-order valence-corrected chi connectivity index (χ1v) is 7.83. The van der Waals surface area contributed by atoms with Crippen molar-refractivity contribution in [2.45, 2.75) is 51.4 Å². The molecule has 0 saturated heterocycles. The number of carbonyl (C=O) groups is 1. The molecule has 0 spiro atoms. The minimum atomic E-state index is -4.84. The second-order valence-electron chi connectivity index (χ2n) is 5.50. The molecule has 0 aliphatic carbocycles. The number of benzene rings is 1. The zero-order valence-corrected chi connectivity index (χ0v) is 13.3. The second kappa shape index (κ2) is 8.03. The Labute approximate surface area is 137 Å². The average molecular weight is 342 g/mol. The van der Waals surface area contributed by atoms with Crippen molar-refractivity contribution in [3.05, 3.63) is 23.8 Å². The van der Waals surface area contributed by atoms with Crippen LogP contribution in [0.2, 0.25) is 0 Å². The maximum absolute atomic E-state index is 12.3. The fourth-order valence-corrected chi connectivity index (χ4v) is 2.38. The summed E-state index contributed by atoms with van der Waals surface area (Å²) >= 11 is 0. The smallest absolute Gasteiger partial charge is 0.405 e. The summed E-state index contributed by atoms with van der Waals surface area (Å²) in [7, 11) is 0. The number of carbonyl (C=O) groups excluding carboxylic acids is 1. The van der Waals surface area contributed by atoms with Gasteiger partial charge in [0.15, 0.2) is 12.0 Å². The summed E-state index contributed by atoms with van der Waals surface area (Å²) in [6, 6.07) is 3.75. The molecule has 8 heteroatoms. The van der Waals surface area contributed by atoms with Gasteiger partial charge >= 0.3 is 6.36 Å². The number of unbranched alkanes of at least 4 members (excludes halogenated alkanes) is 3. The average Bonchev–Trinajstić information content (AvgIpc) is 2.99. The van der Waals surface area contributed by atoms with E-state index >= 15 is 0 Å². The van der Waals surface area contributed by atoms with E-state index in [1.54, 1.807) is 6.21 Å². The van der Waals surface area contributed by atoms with E-state index in [0.717, 1.165) is 31.7 Å². The van der Waals surface area contributed by atoms with Crippen LogP contribution in [0.15, 0.2) is 28.5 Å². The summed E-state index contributed by atoms with van der Waals surface area (Å²) in [5.41, 5.74) is 0.270. The van der Waals surface area contributed by atoms with Gasteiger partial charge in [-0.2, -0.15) is 0 Å². The first kappa shape index (κ1) is 18.1. The lowest BCUT2D eigenvalue weighted by Gasteiger charge is -2.10. The van der Waals surface area contributed by atoms with E-state index < -0.39 is 12.1 Å². The molecule has 0 aromatic heterocycles. The first-order chi connectivity index (χ1) is 11.4. The number of rotatable bonds is 8. The molecule has 1 aliphatic heterocycles. The standard InChI is InChI=1S/C16H19F3N3O2/c1-2-3-4-5-6-13-10-22(21-20-13)14-7-8-15(12(9-14)11-23)24-16(17,18)19/h7-11,13H,2-6H2,1H3/q+1. The number of halogens is 3. The van der Waals surface area contributed by atoms with Crippen LogP contribution in [0, 0.1) is 0 Å². The number of hydrogen-bond acceptors (Lipinski definition) is 4. The molecule has 0 amide bonds. The maximum atomic E-state index is 12.3. The molecule has 0 N–H and O–H groups in total. The quantitative estimate of drug-likeness (QED) is 0.386. The highest BCUT2D eigenvalue weighted by molar-refractivity contribution is 5.80. The van der Waals surface area contributed by atoms with E-state index in [2.05, 4.69) is 22.0 Å². The first-order valence-electron chi connectivity index (χ1n) is 7.83. The van der Waals surface area contributed by atoms with Gasteiger partial charge in [-0.15, -0.1) is 17.9 Å². The highest BCUT2D eigenvalue weighted by Gasteiger charge is 2.32. The minimum Gasteiger partial charge on any atom is -0.405 e. The van der Waals surface area contributed by atoms with Crippen LogP contribution in [0.5, 0.6) is 5.75 Å². The molecule has 1 atom stereocenters. The summed E-state index contributed by atoms with van der Waals surface area (Å²) in [5.74, 6) is -0.534. The van der Waals surface area contributed by atoms with Crippen LogP contribution in [0.3, 0.4) is 0 Å². The van der Waals surface area contributed by atoms with Crippen molar-refractivity contribution in [3.8, 4) is 5.75 Å². The molecular formula is C16H19F3N3O2+. The van der Waals surface area contributed by atoms with Crippen molar-refractivity contribution in [1.82, 2.24) is 0 Å². The molecule has 1 aliphatic rings. The van der Waals surface area contributed by atoms with Crippen LogP contribution >= 0.6 is 0 Å². The lowest BCUT2D eigenvalue weighted by Crippen LogP contribution is -2.18. The zero-order valence-electron chi connectivity index (χ0n) is 13.3. The number of nitrogens with zero attached hydrogens (tertiary/aromatic N) is 3. The third kappa shape index (κ3) is 5.14.